The van der Waals surface area contributed by atoms with E-state index < -0.39 is 0 Å². The highest BCUT2D eigenvalue weighted by molar-refractivity contribution is 6.30. The largest absolute Gasteiger partial charge is 0.370 e. The SMILES string of the molecule is Cc1cnn(CC(=O)N2CCO[C@@H](c3ccc(Cl)cc3)C2)c1. The zero-order valence-electron chi connectivity index (χ0n) is 12.4. The van der Waals surface area contributed by atoms with Gasteiger partial charge in [0, 0.05) is 17.8 Å². The van der Waals surface area contributed by atoms with Crippen LogP contribution in [0, 0.1) is 6.92 Å². The molecule has 2 heterocycles. The Kier molecular flexibility index (Phi) is 4.45. The average Bonchev–Trinajstić information content (AvgIpc) is 2.93. The molecule has 3 rings (SSSR count). The third kappa shape index (κ3) is 3.48. The number of aryl methyl sites for hydroxylation is 1. The van der Waals surface area contributed by atoms with Gasteiger partial charge in [-0.1, -0.05) is 23.7 Å². The number of hydrogen-bond donors (Lipinski definition) is 0. The number of carbonyl (C=O) groups is 1. The van der Waals surface area contributed by atoms with Gasteiger partial charge >= 0.3 is 0 Å². The molecular weight excluding hydrogens is 302 g/mol. The van der Waals surface area contributed by atoms with Crippen LogP contribution in [0.25, 0.3) is 0 Å². The fourth-order valence-electron chi connectivity index (χ4n) is 2.55. The summed E-state index contributed by atoms with van der Waals surface area (Å²) >= 11 is 5.91. The van der Waals surface area contributed by atoms with Crippen LogP contribution >= 0.6 is 11.6 Å². The molecule has 1 aliphatic rings. The fourth-order valence-corrected chi connectivity index (χ4v) is 2.67. The van der Waals surface area contributed by atoms with Crippen molar-refractivity contribution in [2.75, 3.05) is 19.7 Å². The molecule has 1 fully saturated rings. The Morgan fingerprint density at radius 2 is 2.18 bits per heavy atom. The minimum Gasteiger partial charge on any atom is -0.370 e. The van der Waals surface area contributed by atoms with Gasteiger partial charge in [0.15, 0.2) is 0 Å². The highest BCUT2D eigenvalue weighted by Gasteiger charge is 2.25. The molecule has 5 nitrogen and oxygen atoms in total. The topological polar surface area (TPSA) is 47.4 Å². The third-order valence-corrected chi connectivity index (χ3v) is 3.97. The first-order chi connectivity index (χ1) is 10.6. The van der Waals surface area contributed by atoms with Gasteiger partial charge in [-0.25, -0.2) is 0 Å². The molecule has 1 aliphatic heterocycles. The number of ether oxygens (including phenoxy) is 1. The molecule has 1 atom stereocenters. The number of hydrogen-bond acceptors (Lipinski definition) is 3. The van der Waals surface area contributed by atoms with Gasteiger partial charge in [0.05, 0.1) is 19.3 Å². The number of carbonyl (C=O) groups excluding carboxylic acids is 1. The molecule has 0 aliphatic carbocycles. The van der Waals surface area contributed by atoms with Crippen LogP contribution in [0.2, 0.25) is 5.02 Å². The number of halogens is 1. The van der Waals surface area contributed by atoms with Gasteiger partial charge in [0.1, 0.15) is 12.6 Å². The summed E-state index contributed by atoms with van der Waals surface area (Å²) in [6.07, 6.45) is 3.52. The smallest absolute Gasteiger partial charge is 0.244 e. The fraction of sp³-hybridized carbons (Fsp3) is 0.375. The van der Waals surface area contributed by atoms with Crippen molar-refractivity contribution in [1.82, 2.24) is 14.7 Å². The summed E-state index contributed by atoms with van der Waals surface area (Å²) in [6, 6.07) is 7.57. The van der Waals surface area contributed by atoms with Gasteiger partial charge in [-0.15, -0.1) is 0 Å². The summed E-state index contributed by atoms with van der Waals surface area (Å²) in [5, 5.41) is 4.86. The number of rotatable bonds is 3. The van der Waals surface area contributed by atoms with Gasteiger partial charge < -0.3 is 9.64 Å². The summed E-state index contributed by atoms with van der Waals surface area (Å²) in [6.45, 7) is 3.93. The first-order valence-corrected chi connectivity index (χ1v) is 7.63. The van der Waals surface area contributed by atoms with Crippen molar-refractivity contribution in [2.24, 2.45) is 0 Å². The van der Waals surface area contributed by atoms with E-state index in [-0.39, 0.29) is 18.6 Å². The molecule has 1 aromatic carbocycles. The van der Waals surface area contributed by atoms with Gasteiger partial charge in [-0.3, -0.25) is 9.48 Å². The normalized spacial score (nSPS) is 18.5. The molecule has 0 radical (unpaired) electrons. The minimum atomic E-state index is -0.102. The molecule has 0 bridgehead atoms. The number of nitrogens with zero attached hydrogens (tertiary/aromatic N) is 3. The Balaban J connectivity index is 1.64. The Morgan fingerprint density at radius 3 is 2.86 bits per heavy atom. The molecule has 2 aromatic rings. The van der Waals surface area contributed by atoms with Crippen molar-refractivity contribution in [3.63, 3.8) is 0 Å². The van der Waals surface area contributed by atoms with Gasteiger partial charge in [0.2, 0.25) is 5.91 Å². The van der Waals surface area contributed by atoms with Gasteiger partial charge in [-0.05, 0) is 30.2 Å². The van der Waals surface area contributed by atoms with Crippen molar-refractivity contribution >= 4 is 17.5 Å². The maximum Gasteiger partial charge on any atom is 0.244 e. The van der Waals surface area contributed by atoms with Crippen LogP contribution < -0.4 is 0 Å². The van der Waals surface area contributed by atoms with Crippen LogP contribution in [0.4, 0.5) is 0 Å². The summed E-state index contributed by atoms with van der Waals surface area (Å²) in [7, 11) is 0. The van der Waals surface area contributed by atoms with Crippen LogP contribution in [0.3, 0.4) is 0 Å². The van der Waals surface area contributed by atoms with E-state index >= 15 is 0 Å². The van der Waals surface area contributed by atoms with Crippen molar-refractivity contribution in [2.45, 2.75) is 19.6 Å². The van der Waals surface area contributed by atoms with E-state index in [1.54, 1.807) is 10.9 Å². The van der Waals surface area contributed by atoms with E-state index in [1.165, 1.54) is 0 Å². The quantitative estimate of drug-likeness (QED) is 0.873. The van der Waals surface area contributed by atoms with E-state index in [0.717, 1.165) is 11.1 Å². The highest BCUT2D eigenvalue weighted by Crippen LogP contribution is 2.23. The molecule has 22 heavy (non-hydrogen) atoms. The van der Waals surface area contributed by atoms with Crippen molar-refractivity contribution < 1.29 is 9.53 Å². The monoisotopic (exact) mass is 319 g/mol. The standard InChI is InChI=1S/C16H18ClN3O2/c1-12-8-18-20(9-12)11-16(21)19-6-7-22-15(10-19)13-2-4-14(17)5-3-13/h2-5,8-9,15H,6-7,10-11H2,1H3/t15-/m1/s1. The number of morpholine rings is 1. The predicted octanol–water partition coefficient (Wildman–Crippen LogP) is 2.45. The molecule has 1 amide bonds. The first-order valence-electron chi connectivity index (χ1n) is 7.26. The number of aromatic nitrogens is 2. The Hall–Kier alpha value is -1.85. The van der Waals surface area contributed by atoms with E-state index in [0.29, 0.717) is 24.7 Å². The number of amides is 1. The Morgan fingerprint density at radius 1 is 1.41 bits per heavy atom. The van der Waals surface area contributed by atoms with Crippen LogP contribution in [0.15, 0.2) is 36.7 Å². The van der Waals surface area contributed by atoms with E-state index in [2.05, 4.69) is 5.10 Å². The van der Waals surface area contributed by atoms with Crippen molar-refractivity contribution in [1.29, 1.82) is 0 Å². The highest BCUT2D eigenvalue weighted by atomic mass is 35.5. The predicted molar refractivity (Wildman–Crippen MR) is 83.7 cm³/mol. The van der Waals surface area contributed by atoms with Crippen LogP contribution in [-0.2, 0) is 16.1 Å². The second-order valence-corrected chi connectivity index (χ2v) is 5.90. The molecule has 0 N–H and O–H groups in total. The molecule has 1 saturated heterocycles. The van der Waals surface area contributed by atoms with Crippen LogP contribution in [-0.4, -0.2) is 40.3 Å². The summed E-state index contributed by atoms with van der Waals surface area (Å²) in [4.78, 5) is 14.2. The molecule has 6 heteroatoms. The molecular formula is C16H18ClN3O2. The van der Waals surface area contributed by atoms with E-state index in [4.69, 9.17) is 16.3 Å². The van der Waals surface area contributed by atoms with Gasteiger partial charge in [0.25, 0.3) is 0 Å². The van der Waals surface area contributed by atoms with Crippen LogP contribution in [0.5, 0.6) is 0 Å². The zero-order valence-corrected chi connectivity index (χ0v) is 13.2. The number of benzene rings is 1. The van der Waals surface area contributed by atoms with Crippen LogP contribution in [0.1, 0.15) is 17.2 Å². The maximum absolute atomic E-state index is 12.4. The molecule has 0 saturated carbocycles. The third-order valence-electron chi connectivity index (χ3n) is 3.72. The second-order valence-electron chi connectivity index (χ2n) is 5.47. The average molecular weight is 320 g/mol. The van der Waals surface area contributed by atoms with Crippen molar-refractivity contribution in [3.8, 4) is 0 Å². The summed E-state index contributed by atoms with van der Waals surface area (Å²) in [5.41, 5.74) is 2.09. The lowest BCUT2D eigenvalue weighted by atomic mass is 10.1. The Bertz CT molecular complexity index is 654. The van der Waals surface area contributed by atoms with Gasteiger partial charge in [-0.2, -0.15) is 5.10 Å². The van der Waals surface area contributed by atoms with E-state index in [9.17, 15) is 4.79 Å². The maximum atomic E-state index is 12.4. The minimum absolute atomic E-state index is 0.0605. The van der Waals surface area contributed by atoms with E-state index in [1.807, 2.05) is 42.3 Å². The second kappa shape index (κ2) is 6.50. The zero-order chi connectivity index (χ0) is 15.5. The molecule has 0 spiro atoms. The van der Waals surface area contributed by atoms with Crippen molar-refractivity contribution in [3.05, 3.63) is 52.8 Å². The summed E-state index contributed by atoms with van der Waals surface area (Å²) in [5.74, 6) is 0.0605. The summed E-state index contributed by atoms with van der Waals surface area (Å²) < 4.78 is 7.45. The Labute approximate surface area is 134 Å². The lowest BCUT2D eigenvalue weighted by molar-refractivity contribution is -0.139. The molecule has 0 unspecified atom stereocenters. The molecule has 1 aromatic heterocycles. The molecule has 116 valence electrons. The lowest BCUT2D eigenvalue weighted by Crippen LogP contribution is -2.43. The first kappa shape index (κ1) is 15.1. The lowest BCUT2D eigenvalue weighted by Gasteiger charge is -2.33.